The van der Waals surface area contributed by atoms with Crippen LogP contribution < -0.4 is 10.6 Å². The van der Waals surface area contributed by atoms with E-state index in [0.29, 0.717) is 19.4 Å². The molecule has 3 amide bonds. The maximum Gasteiger partial charge on any atom is 0.246 e. The number of likely N-dealkylation sites (tertiary alicyclic amines) is 1. The molecule has 3 fully saturated rings. The van der Waals surface area contributed by atoms with Crippen LogP contribution in [0.5, 0.6) is 0 Å². The summed E-state index contributed by atoms with van der Waals surface area (Å²) in [6.45, 7) is 14.0. The van der Waals surface area contributed by atoms with E-state index in [9.17, 15) is 19.5 Å². The Hall–Kier alpha value is -1.67. The molecule has 3 saturated heterocycles. The molecule has 32 heavy (non-hydrogen) atoms. The molecule has 3 heterocycles. The van der Waals surface area contributed by atoms with Gasteiger partial charge in [0.15, 0.2) is 0 Å². The number of rotatable bonds is 9. The third-order valence-corrected chi connectivity index (χ3v) is 7.61. The van der Waals surface area contributed by atoms with Crippen molar-refractivity contribution in [3.8, 4) is 0 Å². The molecule has 0 aromatic heterocycles. The van der Waals surface area contributed by atoms with E-state index in [2.05, 4.69) is 10.6 Å². The molecule has 2 bridgehead atoms. The highest BCUT2D eigenvalue weighted by molar-refractivity contribution is 5.99. The number of aliphatic hydroxyl groups is 1. The molecule has 8 heteroatoms. The minimum atomic E-state index is -1.07. The molecule has 0 aromatic carbocycles. The minimum absolute atomic E-state index is 0.0101. The topological polar surface area (TPSA) is 108 Å². The van der Waals surface area contributed by atoms with Gasteiger partial charge in [-0.1, -0.05) is 27.7 Å². The van der Waals surface area contributed by atoms with Crippen molar-refractivity contribution in [2.75, 3.05) is 13.2 Å². The Morgan fingerprint density at radius 3 is 2.44 bits per heavy atom. The summed E-state index contributed by atoms with van der Waals surface area (Å²) in [7, 11) is 0. The Balaban J connectivity index is 2.11. The SMILES string of the molecule is CCCNC(=O)[C@H]1[C@H]2C(=O)N([C@@H](CO)CC(C)C)C(C(=O)NC(C)C)C23CC(C)[C@]1(C)O3. The van der Waals surface area contributed by atoms with E-state index in [4.69, 9.17) is 4.74 Å². The first kappa shape index (κ1) is 25.0. The number of hydrogen-bond acceptors (Lipinski definition) is 5. The number of aliphatic hydroxyl groups excluding tert-OH is 1. The Bertz CT molecular complexity index is 756. The Morgan fingerprint density at radius 2 is 1.91 bits per heavy atom. The summed E-state index contributed by atoms with van der Waals surface area (Å²) in [6.07, 6.45) is 1.89. The summed E-state index contributed by atoms with van der Waals surface area (Å²) in [4.78, 5) is 42.4. The van der Waals surface area contributed by atoms with Gasteiger partial charge in [0.1, 0.15) is 11.6 Å². The van der Waals surface area contributed by atoms with Crippen LogP contribution in [0.4, 0.5) is 0 Å². The van der Waals surface area contributed by atoms with Gasteiger partial charge in [-0.3, -0.25) is 14.4 Å². The molecule has 8 nitrogen and oxygen atoms in total. The van der Waals surface area contributed by atoms with Crippen molar-refractivity contribution in [1.82, 2.24) is 15.5 Å². The first-order valence-corrected chi connectivity index (χ1v) is 12.2. The van der Waals surface area contributed by atoms with E-state index in [-0.39, 0.29) is 42.2 Å². The zero-order valence-electron chi connectivity index (χ0n) is 20.6. The average Bonchev–Trinajstić information content (AvgIpc) is 3.20. The van der Waals surface area contributed by atoms with Crippen molar-refractivity contribution in [2.45, 2.75) is 97.1 Å². The van der Waals surface area contributed by atoms with Gasteiger partial charge in [0.2, 0.25) is 17.7 Å². The molecule has 7 atom stereocenters. The molecule has 3 aliphatic rings. The lowest BCUT2D eigenvalue weighted by Crippen LogP contribution is -2.59. The third-order valence-electron chi connectivity index (χ3n) is 7.61. The number of amides is 3. The molecule has 0 radical (unpaired) electrons. The second-order valence-electron chi connectivity index (χ2n) is 10.9. The number of hydrogen-bond donors (Lipinski definition) is 3. The van der Waals surface area contributed by atoms with Gasteiger partial charge in [-0.05, 0) is 51.9 Å². The van der Waals surface area contributed by atoms with E-state index in [1.165, 1.54) is 0 Å². The average molecular weight is 452 g/mol. The number of carbonyl (C=O) groups is 3. The van der Waals surface area contributed by atoms with Gasteiger partial charge in [-0.2, -0.15) is 0 Å². The fourth-order valence-corrected chi connectivity index (χ4v) is 6.31. The maximum absolute atomic E-state index is 14.0. The molecule has 3 aliphatic heterocycles. The number of ether oxygens (including phenoxy) is 1. The van der Waals surface area contributed by atoms with Crippen LogP contribution in [0, 0.1) is 23.7 Å². The molecule has 0 aromatic rings. The molecule has 0 aliphatic carbocycles. The summed E-state index contributed by atoms with van der Waals surface area (Å²) in [6, 6.07) is -1.48. The van der Waals surface area contributed by atoms with Crippen LogP contribution in [0.25, 0.3) is 0 Å². The molecule has 182 valence electrons. The lowest BCUT2D eigenvalue weighted by Gasteiger charge is -2.37. The van der Waals surface area contributed by atoms with Crippen LogP contribution >= 0.6 is 0 Å². The van der Waals surface area contributed by atoms with Gasteiger partial charge < -0.3 is 25.4 Å². The summed E-state index contributed by atoms with van der Waals surface area (Å²) >= 11 is 0. The summed E-state index contributed by atoms with van der Waals surface area (Å²) in [5.74, 6) is -1.87. The monoisotopic (exact) mass is 451 g/mol. The second kappa shape index (κ2) is 8.93. The number of carbonyl (C=O) groups excluding carboxylic acids is 3. The van der Waals surface area contributed by atoms with Crippen LogP contribution in [0.1, 0.15) is 67.7 Å². The Morgan fingerprint density at radius 1 is 1.25 bits per heavy atom. The molecule has 3 N–H and O–H groups in total. The van der Waals surface area contributed by atoms with Gasteiger partial charge in [0.05, 0.1) is 30.1 Å². The first-order chi connectivity index (χ1) is 14.9. The van der Waals surface area contributed by atoms with Crippen molar-refractivity contribution >= 4 is 17.7 Å². The largest absolute Gasteiger partial charge is 0.394 e. The zero-order chi connectivity index (χ0) is 24.0. The predicted molar refractivity (Wildman–Crippen MR) is 121 cm³/mol. The fourth-order valence-electron chi connectivity index (χ4n) is 6.31. The van der Waals surface area contributed by atoms with E-state index in [1.54, 1.807) is 4.90 Å². The highest BCUT2D eigenvalue weighted by Gasteiger charge is 2.80. The van der Waals surface area contributed by atoms with Crippen molar-refractivity contribution in [3.63, 3.8) is 0 Å². The number of nitrogens with one attached hydrogen (secondary N) is 2. The molecule has 3 rings (SSSR count). The van der Waals surface area contributed by atoms with Gasteiger partial charge in [-0.25, -0.2) is 0 Å². The van der Waals surface area contributed by atoms with E-state index < -0.39 is 35.1 Å². The lowest BCUT2D eigenvalue weighted by atomic mass is 9.62. The summed E-state index contributed by atoms with van der Waals surface area (Å²) in [5, 5.41) is 16.1. The van der Waals surface area contributed by atoms with Crippen LogP contribution in [-0.4, -0.2) is 70.2 Å². The highest BCUT2D eigenvalue weighted by Crippen LogP contribution is 2.65. The Labute approximate surface area is 191 Å². The van der Waals surface area contributed by atoms with E-state index in [0.717, 1.165) is 6.42 Å². The minimum Gasteiger partial charge on any atom is -0.394 e. The summed E-state index contributed by atoms with van der Waals surface area (Å²) < 4.78 is 6.65. The molecule has 3 unspecified atom stereocenters. The lowest BCUT2D eigenvalue weighted by molar-refractivity contribution is -0.151. The van der Waals surface area contributed by atoms with Crippen LogP contribution in [0.2, 0.25) is 0 Å². The number of fused-ring (bicyclic) bond motifs is 1. The Kier molecular flexibility index (Phi) is 6.97. The van der Waals surface area contributed by atoms with Crippen molar-refractivity contribution < 1.29 is 24.2 Å². The van der Waals surface area contributed by atoms with Gasteiger partial charge in [-0.15, -0.1) is 0 Å². The van der Waals surface area contributed by atoms with E-state index >= 15 is 0 Å². The van der Waals surface area contributed by atoms with Crippen molar-refractivity contribution in [1.29, 1.82) is 0 Å². The zero-order valence-corrected chi connectivity index (χ0v) is 20.6. The maximum atomic E-state index is 14.0. The molecular formula is C24H41N3O5. The van der Waals surface area contributed by atoms with Gasteiger partial charge in [0, 0.05) is 12.6 Å². The van der Waals surface area contributed by atoms with Gasteiger partial charge >= 0.3 is 0 Å². The third kappa shape index (κ3) is 3.73. The standard InChI is InChI=1S/C24H41N3O5/c1-8-9-25-20(29)17-18-22(31)27(16(12-28)10-13(2)3)19(21(30)26-14(4)5)24(18)11-15(6)23(17,7)32-24/h13-19,28H,8-12H2,1-7H3,(H,25,29)(H,26,30)/t15?,16-,17-,18+,19?,23+,24?/m1/s1. The smallest absolute Gasteiger partial charge is 0.246 e. The van der Waals surface area contributed by atoms with Crippen molar-refractivity contribution in [2.24, 2.45) is 23.7 Å². The van der Waals surface area contributed by atoms with Crippen LogP contribution in [-0.2, 0) is 19.1 Å². The number of nitrogens with zero attached hydrogens (tertiary/aromatic N) is 1. The molecule has 0 saturated carbocycles. The predicted octanol–water partition coefficient (Wildman–Crippen LogP) is 1.45. The van der Waals surface area contributed by atoms with Gasteiger partial charge in [0.25, 0.3) is 0 Å². The molecule has 1 spiro atoms. The molecular weight excluding hydrogens is 410 g/mol. The fraction of sp³-hybridized carbons (Fsp3) is 0.875. The quantitative estimate of drug-likeness (QED) is 0.492. The van der Waals surface area contributed by atoms with Crippen LogP contribution in [0.3, 0.4) is 0 Å². The first-order valence-electron chi connectivity index (χ1n) is 12.2. The van der Waals surface area contributed by atoms with Crippen LogP contribution in [0.15, 0.2) is 0 Å². The van der Waals surface area contributed by atoms with Crippen molar-refractivity contribution in [3.05, 3.63) is 0 Å². The summed E-state index contributed by atoms with van der Waals surface area (Å²) in [5.41, 5.74) is -1.88. The second-order valence-corrected chi connectivity index (χ2v) is 10.9. The van der Waals surface area contributed by atoms with E-state index in [1.807, 2.05) is 48.5 Å². The normalized spacial score (nSPS) is 36.7. The highest BCUT2D eigenvalue weighted by atomic mass is 16.5.